The number of aromatic nitrogens is 2. The third-order valence-electron chi connectivity index (χ3n) is 5.17. The summed E-state index contributed by atoms with van der Waals surface area (Å²) in [6.45, 7) is 5.10. The number of aryl methyl sites for hydroxylation is 1. The van der Waals surface area contributed by atoms with Gasteiger partial charge in [-0.1, -0.05) is 0 Å². The van der Waals surface area contributed by atoms with Gasteiger partial charge in [0.25, 0.3) is 0 Å². The zero-order chi connectivity index (χ0) is 17.2. The molecule has 0 aliphatic carbocycles. The molecular weight excluding hydrogens is 338 g/mol. The molecule has 0 N–H and O–H groups in total. The van der Waals surface area contributed by atoms with Gasteiger partial charge in [0.1, 0.15) is 17.3 Å². The number of carbonyl (C=O) groups excluding carboxylic acids is 1. The van der Waals surface area contributed by atoms with Gasteiger partial charge in [-0.05, 0) is 32.6 Å². The molecule has 2 aromatic heterocycles. The van der Waals surface area contributed by atoms with Gasteiger partial charge >= 0.3 is 0 Å². The van der Waals surface area contributed by atoms with Gasteiger partial charge in [0.15, 0.2) is 0 Å². The highest BCUT2D eigenvalue weighted by Gasteiger charge is 2.28. The minimum Gasteiger partial charge on any atom is -0.376 e. The topological polar surface area (TPSA) is 56.1 Å². The highest BCUT2D eigenvalue weighted by molar-refractivity contribution is 7.15. The maximum absolute atomic E-state index is 12.5. The van der Waals surface area contributed by atoms with Crippen molar-refractivity contribution in [2.75, 3.05) is 32.9 Å². The van der Waals surface area contributed by atoms with E-state index in [1.165, 1.54) is 4.83 Å². The van der Waals surface area contributed by atoms with Crippen LogP contribution >= 0.6 is 11.3 Å². The molecule has 2 atom stereocenters. The second-order valence-electron chi connectivity index (χ2n) is 6.95. The molecule has 0 aromatic carbocycles. The second kappa shape index (κ2) is 7.43. The Morgan fingerprint density at radius 3 is 3.20 bits per heavy atom. The Hall–Kier alpha value is -1.44. The minimum absolute atomic E-state index is 0.0843. The first-order chi connectivity index (χ1) is 12.2. The smallest absolute Gasteiger partial charge is 0.248 e. The standard InChI is InChI=1S/C18H25N3O3S/c1-13-19-17(18-21(13)7-9-25-18)14-4-2-6-20(10-14)16(22)12-23-11-15-5-3-8-24-15/h7,9,14-15H,2-6,8,10-12H2,1H3/t14-,15-/m1/s1. The van der Waals surface area contributed by atoms with Crippen LogP contribution in [0.5, 0.6) is 0 Å². The number of thiazole rings is 1. The van der Waals surface area contributed by atoms with Crippen LogP contribution in [0.15, 0.2) is 11.6 Å². The number of carbonyl (C=O) groups is 1. The molecule has 2 aromatic rings. The highest BCUT2D eigenvalue weighted by atomic mass is 32.1. The van der Waals surface area contributed by atoms with E-state index in [-0.39, 0.29) is 18.6 Å². The molecule has 2 aliphatic rings. The quantitative estimate of drug-likeness (QED) is 0.819. The van der Waals surface area contributed by atoms with Crippen LogP contribution < -0.4 is 0 Å². The Balaban J connectivity index is 1.35. The molecule has 0 radical (unpaired) electrons. The number of imidazole rings is 1. The van der Waals surface area contributed by atoms with Gasteiger partial charge in [-0.2, -0.15) is 0 Å². The van der Waals surface area contributed by atoms with Crippen LogP contribution in [0.2, 0.25) is 0 Å². The van der Waals surface area contributed by atoms with Gasteiger partial charge in [0, 0.05) is 37.2 Å². The lowest BCUT2D eigenvalue weighted by atomic mass is 9.95. The van der Waals surface area contributed by atoms with Gasteiger partial charge < -0.3 is 14.4 Å². The Morgan fingerprint density at radius 1 is 1.44 bits per heavy atom. The molecule has 7 heteroatoms. The molecule has 0 unspecified atom stereocenters. The molecule has 0 spiro atoms. The number of piperidine rings is 1. The number of hydrogen-bond donors (Lipinski definition) is 0. The van der Waals surface area contributed by atoms with Gasteiger partial charge in [-0.15, -0.1) is 11.3 Å². The number of hydrogen-bond acceptors (Lipinski definition) is 5. The first-order valence-corrected chi connectivity index (χ1v) is 9.99. The van der Waals surface area contributed by atoms with Crippen LogP contribution in [0, 0.1) is 6.92 Å². The lowest BCUT2D eigenvalue weighted by Gasteiger charge is -2.32. The molecule has 6 nitrogen and oxygen atoms in total. The number of amides is 1. The molecule has 2 aliphatic heterocycles. The summed E-state index contributed by atoms with van der Waals surface area (Å²) in [6, 6.07) is 0. The van der Waals surface area contributed by atoms with Crippen molar-refractivity contribution in [1.82, 2.24) is 14.3 Å². The predicted molar refractivity (Wildman–Crippen MR) is 96.2 cm³/mol. The molecule has 25 heavy (non-hydrogen) atoms. The summed E-state index contributed by atoms with van der Waals surface area (Å²) >= 11 is 1.72. The van der Waals surface area contributed by atoms with E-state index in [4.69, 9.17) is 14.5 Å². The summed E-state index contributed by atoms with van der Waals surface area (Å²) < 4.78 is 13.3. The van der Waals surface area contributed by atoms with Crippen LogP contribution in [0.3, 0.4) is 0 Å². The van der Waals surface area contributed by atoms with E-state index < -0.39 is 0 Å². The van der Waals surface area contributed by atoms with E-state index in [0.717, 1.165) is 56.9 Å². The van der Waals surface area contributed by atoms with E-state index >= 15 is 0 Å². The van der Waals surface area contributed by atoms with E-state index in [2.05, 4.69) is 16.0 Å². The minimum atomic E-state index is 0.0843. The normalized spacial score (nSPS) is 24.3. The summed E-state index contributed by atoms with van der Waals surface area (Å²) in [5.74, 6) is 1.42. The van der Waals surface area contributed by atoms with E-state index in [1.54, 1.807) is 11.3 Å². The molecule has 0 bridgehead atoms. The van der Waals surface area contributed by atoms with Gasteiger partial charge in [-0.25, -0.2) is 4.98 Å². The van der Waals surface area contributed by atoms with Gasteiger partial charge in [0.05, 0.1) is 18.4 Å². The Labute approximate surface area is 151 Å². The number of ether oxygens (including phenoxy) is 2. The fourth-order valence-corrected chi connectivity index (χ4v) is 4.78. The van der Waals surface area contributed by atoms with Crippen LogP contribution in [0.1, 0.15) is 43.1 Å². The highest BCUT2D eigenvalue weighted by Crippen LogP contribution is 2.32. The van der Waals surface area contributed by atoms with E-state index in [0.29, 0.717) is 12.5 Å². The molecule has 2 saturated heterocycles. The molecule has 4 heterocycles. The fraction of sp³-hybridized carbons (Fsp3) is 0.667. The third kappa shape index (κ3) is 3.59. The van der Waals surface area contributed by atoms with Crippen LogP contribution in [-0.4, -0.2) is 59.2 Å². The van der Waals surface area contributed by atoms with Gasteiger partial charge in [0.2, 0.25) is 5.91 Å². The van der Waals surface area contributed by atoms with Crippen molar-refractivity contribution in [3.63, 3.8) is 0 Å². The molecule has 0 saturated carbocycles. The van der Waals surface area contributed by atoms with Crippen LogP contribution in [0.4, 0.5) is 0 Å². The lowest BCUT2D eigenvalue weighted by molar-refractivity contribution is -0.138. The van der Waals surface area contributed by atoms with E-state index in [1.807, 2.05) is 11.8 Å². The van der Waals surface area contributed by atoms with Crippen LogP contribution in [-0.2, 0) is 14.3 Å². The van der Waals surface area contributed by atoms with Crippen molar-refractivity contribution >= 4 is 22.1 Å². The van der Waals surface area contributed by atoms with Crippen molar-refractivity contribution in [1.29, 1.82) is 0 Å². The van der Waals surface area contributed by atoms with E-state index in [9.17, 15) is 4.79 Å². The zero-order valence-corrected chi connectivity index (χ0v) is 15.5. The molecule has 136 valence electrons. The summed E-state index contributed by atoms with van der Waals surface area (Å²) in [5, 5.41) is 2.10. The average Bonchev–Trinajstić information content (AvgIpc) is 3.35. The van der Waals surface area contributed by atoms with Crippen molar-refractivity contribution in [2.45, 2.75) is 44.6 Å². The predicted octanol–water partition coefficient (Wildman–Crippen LogP) is 2.61. The summed E-state index contributed by atoms with van der Waals surface area (Å²) in [5.41, 5.74) is 1.14. The summed E-state index contributed by atoms with van der Waals surface area (Å²) in [7, 11) is 0. The Bertz CT molecular complexity index is 735. The molecule has 2 fully saturated rings. The fourth-order valence-electron chi connectivity index (χ4n) is 3.83. The number of nitrogens with zero attached hydrogens (tertiary/aromatic N) is 3. The molecule has 1 amide bonds. The maximum Gasteiger partial charge on any atom is 0.248 e. The second-order valence-corrected chi connectivity index (χ2v) is 7.85. The maximum atomic E-state index is 12.5. The number of likely N-dealkylation sites (tertiary alicyclic amines) is 1. The average molecular weight is 363 g/mol. The zero-order valence-electron chi connectivity index (χ0n) is 14.6. The largest absolute Gasteiger partial charge is 0.376 e. The lowest BCUT2D eigenvalue weighted by Crippen LogP contribution is -2.41. The molecule has 4 rings (SSSR count). The molecular formula is C18H25N3O3S. The first-order valence-electron chi connectivity index (χ1n) is 9.11. The SMILES string of the molecule is Cc1nc([C@@H]2CCCN(C(=O)COC[C@H]3CCCO3)C2)c2sccn12. The summed E-state index contributed by atoms with van der Waals surface area (Å²) in [6.07, 6.45) is 6.47. The van der Waals surface area contributed by atoms with Crippen LogP contribution in [0.25, 0.3) is 4.83 Å². The Morgan fingerprint density at radius 2 is 2.36 bits per heavy atom. The monoisotopic (exact) mass is 363 g/mol. The number of rotatable bonds is 5. The third-order valence-corrected chi connectivity index (χ3v) is 6.06. The van der Waals surface area contributed by atoms with Crippen molar-refractivity contribution in [2.24, 2.45) is 0 Å². The van der Waals surface area contributed by atoms with Gasteiger partial charge in [-0.3, -0.25) is 9.20 Å². The first kappa shape index (κ1) is 17.0. The van der Waals surface area contributed by atoms with Crippen molar-refractivity contribution < 1.29 is 14.3 Å². The summed E-state index contributed by atoms with van der Waals surface area (Å²) in [4.78, 5) is 20.4. The van der Waals surface area contributed by atoms with Crippen molar-refractivity contribution in [3.8, 4) is 0 Å². The van der Waals surface area contributed by atoms with Crippen molar-refractivity contribution in [3.05, 3.63) is 23.1 Å². The Kier molecular flexibility index (Phi) is 5.05. The number of fused-ring (bicyclic) bond motifs is 1.